The molecule has 0 bridgehead atoms. The SMILES string of the molecule is OC(O)(Cc1cccc(C(F)(F)F)c1)O[SiH3]. The van der Waals surface area contributed by atoms with E-state index in [1.165, 1.54) is 12.1 Å². The van der Waals surface area contributed by atoms with Crippen LogP contribution in [-0.2, 0) is 17.0 Å². The number of rotatable bonds is 3. The van der Waals surface area contributed by atoms with E-state index in [0.29, 0.717) is 0 Å². The van der Waals surface area contributed by atoms with Crippen molar-refractivity contribution in [3.8, 4) is 0 Å². The molecule has 0 aromatic heterocycles. The maximum atomic E-state index is 12.3. The summed E-state index contributed by atoms with van der Waals surface area (Å²) in [5, 5.41) is 18.3. The van der Waals surface area contributed by atoms with Gasteiger partial charge in [-0.1, -0.05) is 18.2 Å². The van der Waals surface area contributed by atoms with Crippen LogP contribution in [0, 0.1) is 0 Å². The van der Waals surface area contributed by atoms with E-state index < -0.39 is 24.1 Å². The predicted octanol–water partition coefficient (Wildman–Crippen LogP) is 0.183. The lowest BCUT2D eigenvalue weighted by atomic mass is 10.1. The third kappa shape index (κ3) is 3.60. The van der Waals surface area contributed by atoms with Crippen LogP contribution < -0.4 is 0 Å². The van der Waals surface area contributed by atoms with Crippen LogP contribution in [0.5, 0.6) is 0 Å². The smallest absolute Gasteiger partial charge is 0.380 e. The van der Waals surface area contributed by atoms with Crippen molar-refractivity contribution < 1.29 is 27.8 Å². The van der Waals surface area contributed by atoms with Crippen molar-refractivity contribution in [1.29, 1.82) is 0 Å². The minimum absolute atomic E-state index is 0.0752. The van der Waals surface area contributed by atoms with Gasteiger partial charge in [-0.15, -0.1) is 0 Å². The van der Waals surface area contributed by atoms with Crippen LogP contribution in [0.1, 0.15) is 11.1 Å². The molecule has 1 aromatic rings. The Kier molecular flexibility index (Phi) is 3.74. The van der Waals surface area contributed by atoms with Crippen LogP contribution in [0.3, 0.4) is 0 Å². The Balaban J connectivity index is 2.92. The van der Waals surface area contributed by atoms with Crippen molar-refractivity contribution >= 4 is 10.5 Å². The van der Waals surface area contributed by atoms with Crippen molar-refractivity contribution in [1.82, 2.24) is 0 Å². The molecule has 0 aliphatic carbocycles. The highest BCUT2D eigenvalue weighted by molar-refractivity contribution is 5.98. The average molecular weight is 252 g/mol. The lowest BCUT2D eigenvalue weighted by molar-refractivity contribution is -0.289. The maximum Gasteiger partial charge on any atom is 0.416 e. The molecule has 0 radical (unpaired) electrons. The van der Waals surface area contributed by atoms with E-state index >= 15 is 0 Å². The number of aliphatic hydroxyl groups is 2. The minimum atomic E-state index is -4.44. The zero-order chi connectivity index (χ0) is 12.4. The quantitative estimate of drug-likeness (QED) is 0.596. The van der Waals surface area contributed by atoms with Gasteiger partial charge in [0.15, 0.2) is 10.5 Å². The summed E-state index contributed by atoms with van der Waals surface area (Å²) in [7, 11) is 0.0752. The highest BCUT2D eigenvalue weighted by Crippen LogP contribution is 2.30. The largest absolute Gasteiger partial charge is 0.416 e. The summed E-state index contributed by atoms with van der Waals surface area (Å²) < 4.78 is 41.4. The van der Waals surface area contributed by atoms with Crippen LogP contribution in [-0.4, -0.2) is 26.7 Å². The molecule has 7 heteroatoms. The summed E-state index contributed by atoms with van der Waals surface area (Å²) in [5.74, 6) is -2.39. The number of alkyl halides is 3. The molecular formula is C9H11F3O3Si. The van der Waals surface area contributed by atoms with Gasteiger partial charge in [0.05, 0.1) is 12.0 Å². The zero-order valence-electron chi connectivity index (χ0n) is 8.45. The van der Waals surface area contributed by atoms with E-state index in [9.17, 15) is 13.2 Å². The van der Waals surface area contributed by atoms with Gasteiger partial charge < -0.3 is 14.6 Å². The van der Waals surface area contributed by atoms with Crippen molar-refractivity contribution in [3.63, 3.8) is 0 Å². The first-order chi connectivity index (χ1) is 7.24. The van der Waals surface area contributed by atoms with Gasteiger partial charge in [0, 0.05) is 0 Å². The van der Waals surface area contributed by atoms with Crippen LogP contribution in [0.4, 0.5) is 13.2 Å². The first kappa shape index (κ1) is 13.2. The molecule has 0 heterocycles. The summed E-state index contributed by atoms with van der Waals surface area (Å²) >= 11 is 0. The molecule has 0 aliphatic rings. The van der Waals surface area contributed by atoms with Crippen molar-refractivity contribution in [2.24, 2.45) is 0 Å². The molecule has 0 unspecified atom stereocenters. The van der Waals surface area contributed by atoms with Crippen molar-refractivity contribution in [3.05, 3.63) is 35.4 Å². The fraction of sp³-hybridized carbons (Fsp3) is 0.333. The first-order valence-corrected chi connectivity index (χ1v) is 5.22. The molecule has 90 valence electrons. The van der Waals surface area contributed by atoms with E-state index in [1.54, 1.807) is 0 Å². The number of halogens is 3. The summed E-state index contributed by atoms with van der Waals surface area (Å²) in [6, 6.07) is 4.36. The van der Waals surface area contributed by atoms with Crippen LogP contribution >= 0.6 is 0 Å². The van der Waals surface area contributed by atoms with Gasteiger partial charge in [-0.25, -0.2) is 0 Å². The van der Waals surface area contributed by atoms with Crippen molar-refractivity contribution in [2.75, 3.05) is 0 Å². The normalized spacial score (nSPS) is 13.1. The fourth-order valence-corrected chi connectivity index (χ4v) is 1.34. The number of benzene rings is 1. The summed E-state index contributed by atoms with van der Waals surface area (Å²) in [6.45, 7) is 0. The predicted molar refractivity (Wildman–Crippen MR) is 53.3 cm³/mol. The minimum Gasteiger partial charge on any atom is -0.380 e. The standard InChI is InChI=1S/C9H11F3O3Si/c10-9(11,12)7-3-1-2-6(4-7)5-8(13,14)15-16/h1-4,13-14H,5H2,16H3. The monoisotopic (exact) mass is 252 g/mol. The van der Waals surface area contributed by atoms with Gasteiger partial charge in [0.25, 0.3) is 5.97 Å². The second-order valence-corrected chi connectivity index (χ2v) is 3.73. The van der Waals surface area contributed by atoms with E-state index in [0.717, 1.165) is 12.1 Å². The topological polar surface area (TPSA) is 49.7 Å². The van der Waals surface area contributed by atoms with E-state index in [4.69, 9.17) is 10.2 Å². The third-order valence-corrected chi connectivity index (χ3v) is 2.67. The van der Waals surface area contributed by atoms with Gasteiger partial charge in [-0.05, 0) is 11.6 Å². The molecule has 0 spiro atoms. The maximum absolute atomic E-state index is 12.3. The highest BCUT2D eigenvalue weighted by Gasteiger charge is 2.31. The zero-order valence-corrected chi connectivity index (χ0v) is 10.5. The van der Waals surface area contributed by atoms with Crippen LogP contribution in [0.2, 0.25) is 0 Å². The molecule has 0 atom stereocenters. The van der Waals surface area contributed by atoms with Crippen LogP contribution in [0.25, 0.3) is 0 Å². The van der Waals surface area contributed by atoms with Gasteiger partial charge in [0.2, 0.25) is 0 Å². The highest BCUT2D eigenvalue weighted by atomic mass is 28.2. The Morgan fingerprint density at radius 3 is 2.38 bits per heavy atom. The molecule has 0 amide bonds. The second-order valence-electron chi connectivity index (χ2n) is 3.32. The molecule has 16 heavy (non-hydrogen) atoms. The summed E-state index contributed by atoms with van der Waals surface area (Å²) in [4.78, 5) is 0. The lowest BCUT2D eigenvalue weighted by Gasteiger charge is -2.20. The number of hydrogen-bond donors (Lipinski definition) is 2. The Morgan fingerprint density at radius 2 is 1.88 bits per heavy atom. The fourth-order valence-electron chi connectivity index (χ4n) is 1.20. The second kappa shape index (κ2) is 4.54. The first-order valence-electron chi connectivity index (χ1n) is 4.41. The lowest BCUT2D eigenvalue weighted by Crippen LogP contribution is -2.33. The van der Waals surface area contributed by atoms with E-state index in [1.807, 2.05) is 0 Å². The molecule has 0 aliphatic heterocycles. The molecule has 0 saturated carbocycles. The molecule has 1 rings (SSSR count). The van der Waals surface area contributed by atoms with Gasteiger partial charge in [-0.3, -0.25) is 0 Å². The van der Waals surface area contributed by atoms with Gasteiger partial charge in [0.1, 0.15) is 0 Å². The Morgan fingerprint density at radius 1 is 1.25 bits per heavy atom. The van der Waals surface area contributed by atoms with Gasteiger partial charge in [-0.2, -0.15) is 13.2 Å². The molecule has 1 aromatic carbocycles. The van der Waals surface area contributed by atoms with Crippen molar-refractivity contribution in [2.45, 2.75) is 18.6 Å². The van der Waals surface area contributed by atoms with E-state index in [-0.39, 0.29) is 16.0 Å². The molecule has 2 N–H and O–H groups in total. The molecular weight excluding hydrogens is 241 g/mol. The Hall–Kier alpha value is -0.893. The number of hydrogen-bond acceptors (Lipinski definition) is 3. The van der Waals surface area contributed by atoms with Gasteiger partial charge >= 0.3 is 6.18 Å². The van der Waals surface area contributed by atoms with Crippen LogP contribution in [0.15, 0.2) is 24.3 Å². The summed E-state index contributed by atoms with van der Waals surface area (Å²) in [5.41, 5.74) is -0.676. The third-order valence-electron chi connectivity index (χ3n) is 2.02. The average Bonchev–Trinajstić information content (AvgIpc) is 2.16. The molecule has 0 saturated heterocycles. The molecule has 3 nitrogen and oxygen atoms in total. The Labute approximate surface area is 93.0 Å². The molecule has 0 fully saturated rings. The van der Waals surface area contributed by atoms with E-state index in [2.05, 4.69) is 4.43 Å². The summed E-state index contributed by atoms with van der Waals surface area (Å²) in [6.07, 6.45) is -4.84. The Bertz CT molecular complexity index is 365.